The van der Waals surface area contributed by atoms with E-state index in [4.69, 9.17) is 17.0 Å². The zero-order valence-corrected chi connectivity index (χ0v) is 23.6. The molecule has 3 aromatic rings. The molecule has 16 heteroatoms. The molecule has 0 radical (unpaired) electrons. The number of amides is 1. The molecule has 1 heterocycles. The second kappa shape index (κ2) is 11.0. The number of non-ortho nitro benzene ring substituents is 1. The molecule has 1 aliphatic rings. The molecule has 3 aromatic carbocycles. The van der Waals surface area contributed by atoms with Crippen LogP contribution in [0.3, 0.4) is 0 Å². The van der Waals surface area contributed by atoms with Crippen LogP contribution in [0.1, 0.15) is 11.1 Å². The molecule has 9 nitrogen and oxygen atoms in total. The molecule has 0 aliphatic carbocycles. The van der Waals surface area contributed by atoms with Crippen LogP contribution in [0.2, 0.25) is 0 Å². The summed E-state index contributed by atoms with van der Waals surface area (Å²) in [5, 5.41) is 22.3. The number of nitro benzene ring substituents is 2. The number of thioether (sulfide) groups is 1. The highest BCUT2D eigenvalue weighted by Gasteiger charge is 2.35. The van der Waals surface area contributed by atoms with Gasteiger partial charge in [-0.1, -0.05) is 24.0 Å². The molecule has 0 bridgehead atoms. The molecule has 0 aromatic heterocycles. The minimum absolute atomic E-state index is 0.0495. The van der Waals surface area contributed by atoms with E-state index in [-0.39, 0.29) is 29.6 Å². The molecule has 0 atom stereocenters. The van der Waals surface area contributed by atoms with Gasteiger partial charge in [-0.2, -0.15) is 13.2 Å². The zero-order chi connectivity index (χ0) is 28.6. The number of nitrogens with zero attached hydrogens (tertiary/aromatic N) is 3. The Balaban J connectivity index is 1.61. The second-order valence-corrected chi connectivity index (χ2v) is 11.0. The van der Waals surface area contributed by atoms with Crippen molar-refractivity contribution in [2.45, 2.75) is 6.18 Å². The number of halogens is 5. The van der Waals surface area contributed by atoms with Gasteiger partial charge in [0, 0.05) is 18.2 Å². The molecule has 1 amide bonds. The minimum Gasteiger partial charge on any atom is -0.448 e. The molecular weight excluding hydrogens is 695 g/mol. The van der Waals surface area contributed by atoms with Crippen LogP contribution in [-0.2, 0) is 11.0 Å². The van der Waals surface area contributed by atoms with Crippen LogP contribution in [0, 0.1) is 20.2 Å². The number of thiocarbonyl (C=S) groups is 1. The van der Waals surface area contributed by atoms with Gasteiger partial charge in [0.25, 0.3) is 11.6 Å². The van der Waals surface area contributed by atoms with Crippen molar-refractivity contribution in [3.63, 3.8) is 0 Å². The summed E-state index contributed by atoms with van der Waals surface area (Å²) in [5.41, 5.74) is -1.36. The fourth-order valence-corrected chi connectivity index (χ4v) is 6.04. The van der Waals surface area contributed by atoms with Crippen LogP contribution in [0.15, 0.2) is 68.4 Å². The first-order chi connectivity index (χ1) is 18.3. The highest BCUT2D eigenvalue weighted by Crippen LogP contribution is 2.43. The van der Waals surface area contributed by atoms with E-state index in [1.165, 1.54) is 47.4 Å². The first-order valence-electron chi connectivity index (χ1n) is 10.3. The third-order valence-corrected chi connectivity index (χ3v) is 7.61. The molecule has 1 fully saturated rings. The van der Waals surface area contributed by atoms with E-state index in [2.05, 4.69) is 31.9 Å². The summed E-state index contributed by atoms with van der Waals surface area (Å²) in [7, 11) is 0. The Morgan fingerprint density at radius 2 is 1.59 bits per heavy atom. The molecule has 39 heavy (non-hydrogen) atoms. The summed E-state index contributed by atoms with van der Waals surface area (Å²) in [4.78, 5) is 35.3. The van der Waals surface area contributed by atoms with Crippen LogP contribution in [0.4, 0.5) is 30.2 Å². The van der Waals surface area contributed by atoms with E-state index in [0.29, 0.717) is 23.4 Å². The molecule has 0 spiro atoms. The van der Waals surface area contributed by atoms with Crippen molar-refractivity contribution in [1.82, 2.24) is 0 Å². The highest BCUT2D eigenvalue weighted by molar-refractivity contribution is 9.11. The van der Waals surface area contributed by atoms with E-state index >= 15 is 0 Å². The van der Waals surface area contributed by atoms with Crippen molar-refractivity contribution < 1.29 is 32.5 Å². The number of anilines is 1. The van der Waals surface area contributed by atoms with E-state index in [1.54, 1.807) is 0 Å². The fourth-order valence-electron chi connectivity index (χ4n) is 3.36. The van der Waals surface area contributed by atoms with Crippen molar-refractivity contribution in [3.05, 3.63) is 99.8 Å². The number of carbonyl (C=O) groups is 1. The molecular formula is C23H10Br2F3N3O6S2. The van der Waals surface area contributed by atoms with E-state index in [0.717, 1.165) is 17.8 Å². The first kappa shape index (κ1) is 28.7. The molecule has 1 aliphatic heterocycles. The van der Waals surface area contributed by atoms with Crippen molar-refractivity contribution in [2.24, 2.45) is 0 Å². The number of benzene rings is 3. The van der Waals surface area contributed by atoms with Gasteiger partial charge in [0.15, 0.2) is 10.1 Å². The van der Waals surface area contributed by atoms with E-state index < -0.39 is 38.9 Å². The molecule has 0 N–H and O–H groups in total. The summed E-state index contributed by atoms with van der Waals surface area (Å²) in [6.45, 7) is 0. The summed E-state index contributed by atoms with van der Waals surface area (Å²) in [6.07, 6.45) is -3.24. The maximum Gasteiger partial charge on any atom is 0.416 e. The Morgan fingerprint density at radius 1 is 0.974 bits per heavy atom. The lowest BCUT2D eigenvalue weighted by molar-refractivity contribution is -0.385. The van der Waals surface area contributed by atoms with Crippen LogP contribution in [0.5, 0.6) is 11.5 Å². The van der Waals surface area contributed by atoms with Crippen molar-refractivity contribution >= 4 is 89.2 Å². The molecule has 200 valence electrons. The van der Waals surface area contributed by atoms with Gasteiger partial charge < -0.3 is 4.74 Å². The fraction of sp³-hybridized carbons (Fsp3) is 0.0435. The van der Waals surface area contributed by atoms with Gasteiger partial charge in [0.1, 0.15) is 0 Å². The summed E-state index contributed by atoms with van der Waals surface area (Å²) in [6, 6.07) is 10.3. The maximum absolute atomic E-state index is 13.0. The number of hydrogen-bond donors (Lipinski definition) is 0. The second-order valence-electron chi connectivity index (χ2n) is 7.64. The lowest BCUT2D eigenvalue weighted by atomic mass is 10.1. The van der Waals surface area contributed by atoms with Crippen LogP contribution >= 0.6 is 55.8 Å². The van der Waals surface area contributed by atoms with Crippen molar-refractivity contribution in [2.75, 3.05) is 4.90 Å². The number of nitro groups is 2. The van der Waals surface area contributed by atoms with Crippen LogP contribution < -0.4 is 9.64 Å². The first-order valence-corrected chi connectivity index (χ1v) is 13.1. The largest absolute Gasteiger partial charge is 0.448 e. The van der Waals surface area contributed by atoms with Crippen LogP contribution in [-0.4, -0.2) is 20.1 Å². The highest BCUT2D eigenvalue weighted by atomic mass is 79.9. The number of hydrogen-bond acceptors (Lipinski definition) is 8. The molecule has 1 saturated heterocycles. The minimum atomic E-state index is -4.77. The van der Waals surface area contributed by atoms with Gasteiger partial charge in [-0.3, -0.25) is 29.9 Å². The quantitative estimate of drug-likeness (QED) is 0.109. The predicted octanol–water partition coefficient (Wildman–Crippen LogP) is 8.24. The summed E-state index contributed by atoms with van der Waals surface area (Å²) < 4.78 is 45.4. The number of carbonyl (C=O) groups excluding carboxylic acids is 1. The Labute approximate surface area is 243 Å². The zero-order valence-electron chi connectivity index (χ0n) is 18.8. The summed E-state index contributed by atoms with van der Waals surface area (Å²) >= 11 is 12.9. The molecule has 4 rings (SSSR count). The van der Waals surface area contributed by atoms with Gasteiger partial charge in [-0.05, 0) is 79.9 Å². The number of alkyl halides is 3. The van der Waals surface area contributed by atoms with Gasteiger partial charge in [0.05, 0.1) is 34.9 Å². The van der Waals surface area contributed by atoms with Gasteiger partial charge in [-0.15, -0.1) is 0 Å². The third kappa shape index (κ3) is 6.13. The predicted molar refractivity (Wildman–Crippen MR) is 149 cm³/mol. The molecule has 0 saturated carbocycles. The number of ether oxygens (including phenoxy) is 1. The maximum atomic E-state index is 13.0. The van der Waals surface area contributed by atoms with E-state index in [1.807, 2.05) is 0 Å². The Kier molecular flexibility index (Phi) is 8.11. The summed E-state index contributed by atoms with van der Waals surface area (Å²) in [5.74, 6) is -0.814. The average Bonchev–Trinajstić information content (AvgIpc) is 3.13. The Morgan fingerprint density at radius 3 is 2.13 bits per heavy atom. The number of rotatable bonds is 6. The topological polar surface area (TPSA) is 116 Å². The third-order valence-electron chi connectivity index (χ3n) is 5.13. The van der Waals surface area contributed by atoms with Crippen molar-refractivity contribution in [1.29, 1.82) is 0 Å². The van der Waals surface area contributed by atoms with Gasteiger partial charge in [-0.25, -0.2) is 0 Å². The monoisotopic (exact) mass is 703 g/mol. The average molecular weight is 705 g/mol. The van der Waals surface area contributed by atoms with Crippen molar-refractivity contribution in [3.8, 4) is 11.5 Å². The lowest BCUT2D eigenvalue weighted by Gasteiger charge is -2.14. The Bertz CT molecular complexity index is 1560. The SMILES string of the molecule is O=C1C(=Cc2cc(Br)c(Oc3ccc(C(F)(F)F)cc3[N+](=O)[O-])c(Br)c2)SC(=S)N1c1ccc([N+](=O)[O-])cc1. The lowest BCUT2D eigenvalue weighted by Crippen LogP contribution is -2.27. The normalized spacial score (nSPS) is 14.7. The van der Waals surface area contributed by atoms with Gasteiger partial charge >= 0.3 is 11.9 Å². The van der Waals surface area contributed by atoms with E-state index in [9.17, 15) is 38.2 Å². The smallest absolute Gasteiger partial charge is 0.416 e. The van der Waals surface area contributed by atoms with Gasteiger partial charge in [0.2, 0.25) is 5.75 Å². The van der Waals surface area contributed by atoms with Crippen LogP contribution in [0.25, 0.3) is 6.08 Å². The Hall–Kier alpha value is -3.34. The standard InChI is InChI=1S/C23H10Br2F3N3O6S2/c24-15-7-11(9-19-21(32)29(22(38)39-19)13-2-4-14(5-3-13)30(33)34)8-16(25)20(15)37-18-6-1-12(23(26,27)28)10-17(18)31(35)36/h1-10H. The molecule has 0 unspecified atom stereocenters.